The lowest BCUT2D eigenvalue weighted by molar-refractivity contribution is 0.381. The maximum atomic E-state index is 12.7. The molecule has 0 amide bonds. The van der Waals surface area contributed by atoms with E-state index in [1.807, 2.05) is 6.07 Å². The van der Waals surface area contributed by atoms with Crippen molar-refractivity contribution in [1.82, 2.24) is 5.32 Å². The quantitative estimate of drug-likeness (QED) is 0.781. The highest BCUT2D eigenvalue weighted by molar-refractivity contribution is 9.10. The summed E-state index contributed by atoms with van der Waals surface area (Å²) in [5, 5.41) is 3.27. The van der Waals surface area contributed by atoms with Gasteiger partial charge in [0, 0.05) is 10.5 Å². The number of halogens is 2. The van der Waals surface area contributed by atoms with Crippen LogP contribution in [0.25, 0.3) is 0 Å². The van der Waals surface area contributed by atoms with Crippen LogP contribution in [0.15, 0.2) is 22.7 Å². The molecule has 1 nitrogen and oxygen atoms in total. The van der Waals surface area contributed by atoms with Gasteiger partial charge >= 0.3 is 0 Å². The van der Waals surface area contributed by atoms with Crippen molar-refractivity contribution < 1.29 is 4.39 Å². The van der Waals surface area contributed by atoms with Gasteiger partial charge in [0.15, 0.2) is 0 Å². The largest absolute Gasteiger partial charge is 0.310 e. The van der Waals surface area contributed by atoms with Crippen LogP contribution >= 0.6 is 15.9 Å². The first-order valence-corrected chi connectivity index (χ1v) is 4.75. The number of hydrogen-bond donors (Lipinski definition) is 1. The van der Waals surface area contributed by atoms with Crippen LogP contribution < -0.4 is 5.32 Å². The van der Waals surface area contributed by atoms with E-state index in [1.54, 1.807) is 0 Å². The Morgan fingerprint density at radius 1 is 1.50 bits per heavy atom. The Hall–Kier alpha value is -0.410. The Morgan fingerprint density at radius 2 is 2.25 bits per heavy atom. The second-order valence-corrected chi connectivity index (χ2v) is 3.82. The summed E-state index contributed by atoms with van der Waals surface area (Å²) in [6.45, 7) is 1.06. The van der Waals surface area contributed by atoms with Crippen molar-refractivity contribution in [3.05, 3.63) is 34.1 Å². The third-order valence-corrected chi connectivity index (χ3v) is 2.85. The first-order valence-electron chi connectivity index (χ1n) is 3.96. The van der Waals surface area contributed by atoms with Crippen LogP contribution in [0.5, 0.6) is 0 Å². The maximum Gasteiger partial charge on any atom is 0.124 e. The Labute approximate surface area is 79.1 Å². The molecule has 0 bridgehead atoms. The second-order valence-electron chi connectivity index (χ2n) is 2.96. The Balaban J connectivity index is 2.31. The molecule has 2 rings (SSSR count). The molecule has 0 aliphatic carbocycles. The van der Waals surface area contributed by atoms with E-state index in [4.69, 9.17) is 0 Å². The van der Waals surface area contributed by atoms with Crippen molar-refractivity contribution in [3.8, 4) is 0 Å². The van der Waals surface area contributed by atoms with Crippen molar-refractivity contribution in [3.63, 3.8) is 0 Å². The molecule has 1 aliphatic heterocycles. The standard InChI is InChI=1S/C9H9BrFN/c10-8-5-6(11)1-2-7(8)9-3-4-12-9/h1-2,5,9,12H,3-4H2/t9-/m1/s1. The minimum absolute atomic E-state index is 0.190. The molecule has 1 aromatic carbocycles. The minimum Gasteiger partial charge on any atom is -0.310 e. The van der Waals surface area contributed by atoms with Gasteiger partial charge in [-0.2, -0.15) is 0 Å². The molecule has 1 atom stereocenters. The molecule has 1 heterocycles. The molecule has 0 saturated carbocycles. The predicted octanol–water partition coefficient (Wildman–Crippen LogP) is 2.62. The van der Waals surface area contributed by atoms with E-state index < -0.39 is 0 Å². The molecule has 1 N–H and O–H groups in total. The first-order chi connectivity index (χ1) is 5.77. The molecular formula is C9H9BrFN. The lowest BCUT2D eigenvalue weighted by atomic mass is 9.98. The first kappa shape index (κ1) is 8.20. The summed E-state index contributed by atoms with van der Waals surface area (Å²) in [6, 6.07) is 5.26. The van der Waals surface area contributed by atoms with Gasteiger partial charge < -0.3 is 5.32 Å². The molecule has 12 heavy (non-hydrogen) atoms. The molecule has 0 spiro atoms. The lowest BCUT2D eigenvalue weighted by Crippen LogP contribution is -2.35. The fourth-order valence-corrected chi connectivity index (χ4v) is 1.97. The predicted molar refractivity (Wildman–Crippen MR) is 49.5 cm³/mol. The van der Waals surface area contributed by atoms with Gasteiger partial charge in [0.05, 0.1) is 0 Å². The zero-order valence-corrected chi connectivity index (χ0v) is 8.07. The zero-order valence-electron chi connectivity index (χ0n) is 6.48. The third kappa shape index (κ3) is 1.39. The van der Waals surface area contributed by atoms with Crippen LogP contribution in [-0.4, -0.2) is 6.54 Å². The van der Waals surface area contributed by atoms with Crippen molar-refractivity contribution in [1.29, 1.82) is 0 Å². The van der Waals surface area contributed by atoms with Crippen LogP contribution in [0.4, 0.5) is 4.39 Å². The number of hydrogen-bond acceptors (Lipinski definition) is 1. The van der Waals surface area contributed by atoms with Gasteiger partial charge in [-0.3, -0.25) is 0 Å². The van der Waals surface area contributed by atoms with E-state index in [2.05, 4.69) is 21.2 Å². The van der Waals surface area contributed by atoms with Crippen LogP contribution in [-0.2, 0) is 0 Å². The molecule has 64 valence electrons. The van der Waals surface area contributed by atoms with Crippen molar-refractivity contribution in [2.24, 2.45) is 0 Å². The monoisotopic (exact) mass is 229 g/mol. The van der Waals surface area contributed by atoms with Gasteiger partial charge in [-0.1, -0.05) is 22.0 Å². The van der Waals surface area contributed by atoms with Gasteiger partial charge in [0.1, 0.15) is 5.82 Å². The Kier molecular flexibility index (Phi) is 2.15. The van der Waals surface area contributed by atoms with Gasteiger partial charge in [-0.15, -0.1) is 0 Å². The average molecular weight is 230 g/mol. The zero-order chi connectivity index (χ0) is 8.55. The van der Waals surface area contributed by atoms with E-state index in [0.29, 0.717) is 6.04 Å². The lowest BCUT2D eigenvalue weighted by Gasteiger charge is -2.28. The molecule has 1 aromatic rings. The van der Waals surface area contributed by atoms with E-state index in [0.717, 1.165) is 23.0 Å². The van der Waals surface area contributed by atoms with Crippen LogP contribution in [0, 0.1) is 5.82 Å². The molecule has 3 heteroatoms. The van der Waals surface area contributed by atoms with Gasteiger partial charge in [0.2, 0.25) is 0 Å². The molecule has 1 saturated heterocycles. The van der Waals surface area contributed by atoms with Gasteiger partial charge in [-0.05, 0) is 30.7 Å². The maximum absolute atomic E-state index is 12.7. The topological polar surface area (TPSA) is 12.0 Å². The molecule has 1 fully saturated rings. The van der Waals surface area contributed by atoms with Crippen LogP contribution in [0.2, 0.25) is 0 Å². The molecular weight excluding hydrogens is 221 g/mol. The number of nitrogens with one attached hydrogen (secondary N) is 1. The summed E-state index contributed by atoms with van der Waals surface area (Å²) >= 11 is 3.34. The summed E-state index contributed by atoms with van der Waals surface area (Å²) in [5.74, 6) is -0.190. The summed E-state index contributed by atoms with van der Waals surface area (Å²) in [7, 11) is 0. The molecule has 1 aliphatic rings. The third-order valence-electron chi connectivity index (χ3n) is 2.16. The summed E-state index contributed by atoms with van der Waals surface area (Å²) in [5.41, 5.74) is 1.16. The van der Waals surface area contributed by atoms with Crippen molar-refractivity contribution in [2.45, 2.75) is 12.5 Å². The van der Waals surface area contributed by atoms with Crippen molar-refractivity contribution >= 4 is 15.9 Å². The Bertz CT molecular complexity index is 297. The van der Waals surface area contributed by atoms with Crippen LogP contribution in [0.1, 0.15) is 18.0 Å². The highest BCUT2D eigenvalue weighted by Crippen LogP contribution is 2.29. The second kappa shape index (κ2) is 3.15. The Morgan fingerprint density at radius 3 is 2.75 bits per heavy atom. The molecule has 0 radical (unpaired) electrons. The van der Waals surface area contributed by atoms with E-state index in [1.165, 1.54) is 12.1 Å². The highest BCUT2D eigenvalue weighted by atomic mass is 79.9. The SMILES string of the molecule is Fc1ccc([C@H]2CCN2)c(Br)c1. The number of rotatable bonds is 1. The van der Waals surface area contributed by atoms with E-state index >= 15 is 0 Å². The molecule has 0 aromatic heterocycles. The normalized spacial score (nSPS) is 22.0. The fraction of sp³-hybridized carbons (Fsp3) is 0.333. The van der Waals surface area contributed by atoms with E-state index in [-0.39, 0.29) is 5.82 Å². The minimum atomic E-state index is -0.190. The number of benzene rings is 1. The average Bonchev–Trinajstić information content (AvgIpc) is 1.91. The summed E-state index contributed by atoms with van der Waals surface area (Å²) in [6.07, 6.45) is 1.14. The smallest absolute Gasteiger partial charge is 0.124 e. The van der Waals surface area contributed by atoms with Gasteiger partial charge in [-0.25, -0.2) is 4.39 Å². The summed E-state index contributed by atoms with van der Waals surface area (Å²) in [4.78, 5) is 0. The van der Waals surface area contributed by atoms with Crippen LogP contribution in [0.3, 0.4) is 0 Å². The highest BCUT2D eigenvalue weighted by Gasteiger charge is 2.20. The molecule has 0 unspecified atom stereocenters. The van der Waals surface area contributed by atoms with E-state index in [9.17, 15) is 4.39 Å². The van der Waals surface area contributed by atoms with Gasteiger partial charge in [0.25, 0.3) is 0 Å². The van der Waals surface area contributed by atoms with Crippen molar-refractivity contribution in [2.75, 3.05) is 6.54 Å². The summed E-state index contributed by atoms with van der Waals surface area (Å²) < 4.78 is 13.5. The fourth-order valence-electron chi connectivity index (χ4n) is 1.34.